The van der Waals surface area contributed by atoms with Gasteiger partial charge in [-0.05, 0) is 25.3 Å². The van der Waals surface area contributed by atoms with Gasteiger partial charge in [0.05, 0.1) is 16.4 Å². The van der Waals surface area contributed by atoms with Gasteiger partial charge in [-0.1, -0.05) is 32.4 Å². The number of hydrogen-bond donors (Lipinski definition) is 1. The predicted molar refractivity (Wildman–Crippen MR) is 84.4 cm³/mol. The molecule has 2 atom stereocenters. The minimum atomic E-state index is 0.405. The number of ether oxygens (including phenoxy) is 1. The fourth-order valence-electron chi connectivity index (χ4n) is 2.64. The summed E-state index contributed by atoms with van der Waals surface area (Å²) in [7, 11) is 3.73. The fourth-order valence-corrected chi connectivity index (χ4v) is 3.01. The number of aryl methyl sites for hydroxylation is 2. The minimum absolute atomic E-state index is 0.405. The van der Waals surface area contributed by atoms with E-state index < -0.39 is 0 Å². The van der Waals surface area contributed by atoms with Gasteiger partial charge >= 0.3 is 0 Å². The van der Waals surface area contributed by atoms with Crippen molar-refractivity contribution in [1.29, 1.82) is 0 Å². The molecule has 0 radical (unpaired) electrons. The van der Waals surface area contributed by atoms with E-state index in [0.717, 1.165) is 48.8 Å². The van der Waals surface area contributed by atoms with E-state index in [1.165, 1.54) is 0 Å². The molecule has 0 fully saturated rings. The summed E-state index contributed by atoms with van der Waals surface area (Å²) in [6.07, 6.45) is 2.85. The Hall–Kier alpha value is -0.580. The van der Waals surface area contributed by atoms with Crippen LogP contribution in [0.3, 0.4) is 0 Å². The second-order valence-corrected chi connectivity index (χ2v) is 5.82. The van der Waals surface area contributed by atoms with Crippen molar-refractivity contribution < 1.29 is 4.74 Å². The molecule has 0 aromatic carbocycles. The van der Waals surface area contributed by atoms with E-state index >= 15 is 0 Å². The maximum Gasteiger partial charge on any atom is 0.0850 e. The van der Waals surface area contributed by atoms with Crippen molar-refractivity contribution in [1.82, 2.24) is 15.1 Å². The largest absolute Gasteiger partial charge is 0.384 e. The van der Waals surface area contributed by atoms with Crippen LogP contribution in [-0.4, -0.2) is 36.1 Å². The van der Waals surface area contributed by atoms with E-state index in [0.29, 0.717) is 12.0 Å². The van der Waals surface area contributed by atoms with Crippen LogP contribution in [0.25, 0.3) is 0 Å². The molecule has 1 aromatic heterocycles. The topological polar surface area (TPSA) is 39.1 Å². The average molecular weight is 302 g/mol. The molecular formula is C15H28ClN3O. The molecule has 4 nitrogen and oxygen atoms in total. The van der Waals surface area contributed by atoms with Gasteiger partial charge in [-0.3, -0.25) is 4.68 Å². The van der Waals surface area contributed by atoms with Crippen molar-refractivity contribution in [2.45, 2.75) is 46.1 Å². The van der Waals surface area contributed by atoms with Crippen LogP contribution < -0.4 is 5.32 Å². The molecule has 0 saturated carbocycles. The van der Waals surface area contributed by atoms with Gasteiger partial charge in [0, 0.05) is 33.2 Å². The average Bonchev–Trinajstić information content (AvgIpc) is 2.66. The number of halogens is 1. The van der Waals surface area contributed by atoms with Gasteiger partial charge in [0.1, 0.15) is 0 Å². The first-order chi connectivity index (χ1) is 9.53. The zero-order chi connectivity index (χ0) is 15.1. The predicted octanol–water partition coefficient (Wildman–Crippen LogP) is 2.83. The van der Waals surface area contributed by atoms with Crippen LogP contribution >= 0.6 is 11.6 Å². The number of nitrogens with zero attached hydrogens (tertiary/aromatic N) is 2. The van der Waals surface area contributed by atoms with Crippen LogP contribution in [0.2, 0.25) is 5.02 Å². The zero-order valence-corrected chi connectivity index (χ0v) is 14.1. The number of likely N-dealkylation sites (N-methyl/N-ethyl adjacent to an activating group) is 1. The summed E-state index contributed by atoms with van der Waals surface area (Å²) in [6.45, 7) is 8.19. The minimum Gasteiger partial charge on any atom is -0.384 e. The lowest BCUT2D eigenvalue weighted by Gasteiger charge is -2.21. The Morgan fingerprint density at radius 3 is 2.60 bits per heavy atom. The Balaban J connectivity index is 2.77. The number of hydrogen-bond acceptors (Lipinski definition) is 3. The van der Waals surface area contributed by atoms with E-state index in [1.54, 1.807) is 7.11 Å². The molecule has 0 aliphatic heterocycles. The van der Waals surface area contributed by atoms with E-state index in [4.69, 9.17) is 16.3 Å². The molecule has 5 heteroatoms. The fraction of sp³-hybridized carbons (Fsp3) is 0.800. The molecule has 0 spiro atoms. The monoisotopic (exact) mass is 301 g/mol. The highest BCUT2D eigenvalue weighted by atomic mass is 35.5. The highest BCUT2D eigenvalue weighted by Gasteiger charge is 2.19. The third kappa shape index (κ3) is 4.76. The van der Waals surface area contributed by atoms with Crippen LogP contribution in [0, 0.1) is 5.92 Å². The van der Waals surface area contributed by atoms with Gasteiger partial charge < -0.3 is 10.1 Å². The molecule has 116 valence electrons. The van der Waals surface area contributed by atoms with Crippen LogP contribution in [-0.2, 0) is 24.6 Å². The molecule has 0 aliphatic rings. The Morgan fingerprint density at radius 1 is 1.40 bits per heavy atom. The molecule has 0 bridgehead atoms. The zero-order valence-electron chi connectivity index (χ0n) is 13.4. The molecule has 0 saturated heterocycles. The van der Waals surface area contributed by atoms with Gasteiger partial charge in [0.25, 0.3) is 0 Å². The van der Waals surface area contributed by atoms with Gasteiger partial charge in [-0.15, -0.1) is 0 Å². The maximum absolute atomic E-state index is 6.44. The Bertz CT molecular complexity index is 406. The molecule has 1 rings (SSSR count). The van der Waals surface area contributed by atoms with Gasteiger partial charge in [-0.2, -0.15) is 5.10 Å². The van der Waals surface area contributed by atoms with E-state index in [1.807, 2.05) is 11.7 Å². The lowest BCUT2D eigenvalue weighted by molar-refractivity contribution is 0.149. The van der Waals surface area contributed by atoms with Crippen molar-refractivity contribution in [2.24, 2.45) is 13.0 Å². The van der Waals surface area contributed by atoms with Crippen LogP contribution in [0.1, 0.15) is 38.6 Å². The third-order valence-corrected chi connectivity index (χ3v) is 4.01. The van der Waals surface area contributed by atoms with Crippen molar-refractivity contribution in [2.75, 3.05) is 20.3 Å². The molecule has 1 aromatic rings. The van der Waals surface area contributed by atoms with Gasteiger partial charge in [0.2, 0.25) is 0 Å². The Morgan fingerprint density at radius 2 is 2.10 bits per heavy atom. The molecule has 0 amide bonds. The summed E-state index contributed by atoms with van der Waals surface area (Å²) in [5.74, 6) is 0.529. The van der Waals surface area contributed by atoms with Crippen molar-refractivity contribution in [3.63, 3.8) is 0 Å². The summed E-state index contributed by atoms with van der Waals surface area (Å²) in [5.41, 5.74) is 2.11. The highest BCUT2D eigenvalue weighted by molar-refractivity contribution is 6.31. The van der Waals surface area contributed by atoms with Gasteiger partial charge in [0.15, 0.2) is 0 Å². The van der Waals surface area contributed by atoms with Gasteiger partial charge in [-0.25, -0.2) is 0 Å². The Labute approximate surface area is 127 Å². The number of aromatic nitrogens is 2. The SMILES string of the molecule is CCNC(Cc1c(Cl)c(CC)nn1C)CC(C)COC. The second-order valence-electron chi connectivity index (χ2n) is 5.44. The normalized spacial score (nSPS) is 14.5. The van der Waals surface area contributed by atoms with Crippen molar-refractivity contribution in [3.05, 3.63) is 16.4 Å². The van der Waals surface area contributed by atoms with Crippen LogP contribution in [0.4, 0.5) is 0 Å². The van der Waals surface area contributed by atoms with Crippen LogP contribution in [0.15, 0.2) is 0 Å². The van der Waals surface area contributed by atoms with Crippen molar-refractivity contribution >= 4 is 11.6 Å². The summed E-state index contributed by atoms with van der Waals surface area (Å²) < 4.78 is 7.15. The molecule has 20 heavy (non-hydrogen) atoms. The molecule has 0 aliphatic carbocycles. The summed E-state index contributed by atoms with van der Waals surface area (Å²) in [6, 6.07) is 0.405. The number of rotatable bonds is 9. The lowest BCUT2D eigenvalue weighted by atomic mass is 9.98. The maximum atomic E-state index is 6.44. The third-order valence-electron chi connectivity index (χ3n) is 3.57. The summed E-state index contributed by atoms with van der Waals surface area (Å²) >= 11 is 6.44. The first kappa shape index (κ1) is 17.5. The summed E-state index contributed by atoms with van der Waals surface area (Å²) in [5, 5.41) is 8.87. The number of methoxy groups -OCH3 is 1. The van der Waals surface area contributed by atoms with E-state index in [-0.39, 0.29) is 0 Å². The van der Waals surface area contributed by atoms with Crippen LogP contribution in [0.5, 0.6) is 0 Å². The second kappa shape index (κ2) is 8.65. The quantitative estimate of drug-likeness (QED) is 0.762. The summed E-state index contributed by atoms with van der Waals surface area (Å²) in [4.78, 5) is 0. The standard InChI is InChI=1S/C15H28ClN3O/c1-6-13-15(16)14(19(4)18-13)9-12(17-7-2)8-11(3)10-20-5/h11-12,17H,6-10H2,1-5H3. The smallest absolute Gasteiger partial charge is 0.0850 e. The Kier molecular flexibility index (Phi) is 7.56. The van der Waals surface area contributed by atoms with E-state index in [2.05, 4.69) is 31.2 Å². The molecule has 1 heterocycles. The number of nitrogens with one attached hydrogen (secondary N) is 1. The molecule has 2 unspecified atom stereocenters. The highest BCUT2D eigenvalue weighted by Crippen LogP contribution is 2.23. The lowest BCUT2D eigenvalue weighted by Crippen LogP contribution is -2.34. The molecular weight excluding hydrogens is 274 g/mol. The van der Waals surface area contributed by atoms with Crippen molar-refractivity contribution in [3.8, 4) is 0 Å². The molecule has 1 N–H and O–H groups in total. The first-order valence-corrected chi connectivity index (χ1v) is 7.83. The van der Waals surface area contributed by atoms with E-state index in [9.17, 15) is 0 Å². The first-order valence-electron chi connectivity index (χ1n) is 7.45.